The van der Waals surface area contributed by atoms with Crippen LogP contribution in [0.5, 0.6) is 11.5 Å². The molecule has 7 rings (SSSR count). The normalized spacial score (nSPS) is 41.0. The van der Waals surface area contributed by atoms with E-state index in [-0.39, 0.29) is 23.5 Å². The van der Waals surface area contributed by atoms with Crippen molar-refractivity contribution < 1.29 is 19.0 Å². The zero-order valence-corrected chi connectivity index (χ0v) is 16.9. The molecule has 5 aliphatic heterocycles. The number of rotatable bonds is 2. The molecule has 1 amide bonds. The molecule has 0 unspecified atom stereocenters. The fraction of sp³-hybridized carbons (Fsp3) is 0.609. The van der Waals surface area contributed by atoms with E-state index in [9.17, 15) is 4.79 Å². The van der Waals surface area contributed by atoms with Crippen LogP contribution in [0.2, 0.25) is 0 Å². The first kappa shape index (κ1) is 16.7. The van der Waals surface area contributed by atoms with E-state index >= 15 is 0 Å². The summed E-state index contributed by atoms with van der Waals surface area (Å²) in [6, 6.07) is 4.87. The Labute approximate surface area is 170 Å². The summed E-state index contributed by atoms with van der Waals surface area (Å²) in [5.74, 6) is 2.57. The molecular formula is C23H26N2O4. The van der Waals surface area contributed by atoms with Gasteiger partial charge >= 0.3 is 0 Å². The predicted octanol–water partition coefficient (Wildman–Crippen LogP) is 2.11. The van der Waals surface area contributed by atoms with Crippen LogP contribution in [-0.2, 0) is 14.9 Å². The molecule has 6 nitrogen and oxygen atoms in total. The third-order valence-electron chi connectivity index (χ3n) is 8.81. The van der Waals surface area contributed by atoms with Gasteiger partial charge in [0.2, 0.25) is 5.91 Å². The second kappa shape index (κ2) is 5.35. The maximum atomic E-state index is 13.5. The van der Waals surface area contributed by atoms with Gasteiger partial charge in [-0.15, -0.1) is 0 Å². The van der Waals surface area contributed by atoms with Crippen molar-refractivity contribution in [3.63, 3.8) is 0 Å². The van der Waals surface area contributed by atoms with Gasteiger partial charge in [0.05, 0.1) is 45.1 Å². The first-order chi connectivity index (χ1) is 14.2. The molecule has 1 spiro atoms. The minimum atomic E-state index is -0.0242. The maximum absolute atomic E-state index is 13.5. The minimum absolute atomic E-state index is 0.0242. The SMILES string of the molecule is COc1cc2c(cc1OC)[C@]13CCN4CC5=CCO[C@H]6CC(=O)N2[C@@H]1[C@@H]6[C@H]5C[C@@H]43. The van der Waals surface area contributed by atoms with Gasteiger partial charge in [0.15, 0.2) is 11.5 Å². The van der Waals surface area contributed by atoms with Crippen LogP contribution in [0.25, 0.3) is 0 Å². The number of amides is 1. The molecule has 3 saturated heterocycles. The van der Waals surface area contributed by atoms with Crippen LogP contribution in [0.15, 0.2) is 23.8 Å². The summed E-state index contributed by atoms with van der Waals surface area (Å²) in [6.07, 6.45) is 5.11. The first-order valence-corrected chi connectivity index (χ1v) is 10.8. The molecule has 1 aliphatic carbocycles. The Kier molecular flexibility index (Phi) is 3.08. The lowest BCUT2D eigenvalue weighted by atomic mass is 9.53. The van der Waals surface area contributed by atoms with E-state index in [1.54, 1.807) is 19.8 Å². The molecule has 6 atom stereocenters. The van der Waals surface area contributed by atoms with E-state index in [1.807, 2.05) is 6.07 Å². The van der Waals surface area contributed by atoms with Crippen molar-refractivity contribution in [3.8, 4) is 11.5 Å². The molecule has 6 aliphatic rings. The number of hydrogen-bond donors (Lipinski definition) is 0. The molecule has 4 fully saturated rings. The highest BCUT2D eigenvalue weighted by Gasteiger charge is 2.71. The van der Waals surface area contributed by atoms with Crippen LogP contribution in [0.1, 0.15) is 24.8 Å². The largest absolute Gasteiger partial charge is 0.493 e. The van der Waals surface area contributed by atoms with Gasteiger partial charge in [-0.05, 0) is 36.9 Å². The van der Waals surface area contributed by atoms with Gasteiger partial charge in [-0.2, -0.15) is 0 Å². The minimum Gasteiger partial charge on any atom is -0.493 e. The molecule has 0 N–H and O–H groups in total. The molecular weight excluding hydrogens is 368 g/mol. The van der Waals surface area contributed by atoms with Crippen LogP contribution in [0, 0.1) is 11.8 Å². The molecule has 152 valence electrons. The summed E-state index contributed by atoms with van der Waals surface area (Å²) in [4.78, 5) is 18.3. The van der Waals surface area contributed by atoms with E-state index in [2.05, 4.69) is 21.9 Å². The van der Waals surface area contributed by atoms with Crippen molar-refractivity contribution in [1.29, 1.82) is 0 Å². The van der Waals surface area contributed by atoms with Crippen molar-refractivity contribution in [2.75, 3.05) is 38.8 Å². The molecule has 0 aromatic heterocycles. The standard InChI is InChI=1S/C23H26N2O4/c1-27-16-8-14-15(9-17(16)28-2)25-20(26)10-18-21-13-7-19-23(14,22(21)25)4-5-24(19)11-12(13)3-6-29-18/h3,8-9,13,18-19,21-22H,4-7,10-11H2,1-2H3/t13-,18-,19+,21+,22+,23-/m0/s1. The average Bonchev–Trinajstić information content (AvgIpc) is 3.20. The number of piperidine rings is 2. The highest BCUT2D eigenvalue weighted by atomic mass is 16.5. The predicted molar refractivity (Wildman–Crippen MR) is 107 cm³/mol. The number of anilines is 1. The van der Waals surface area contributed by atoms with Gasteiger partial charge in [0.25, 0.3) is 0 Å². The molecule has 2 bridgehead atoms. The van der Waals surface area contributed by atoms with E-state index in [0.29, 0.717) is 36.7 Å². The summed E-state index contributed by atoms with van der Waals surface area (Å²) < 4.78 is 17.6. The Bertz CT molecular complexity index is 974. The second-order valence-electron chi connectivity index (χ2n) is 9.48. The van der Waals surface area contributed by atoms with E-state index < -0.39 is 0 Å². The fourth-order valence-corrected chi connectivity index (χ4v) is 7.87. The smallest absolute Gasteiger partial charge is 0.229 e. The summed E-state index contributed by atoms with van der Waals surface area (Å²) in [5, 5.41) is 0. The number of nitrogens with zero attached hydrogens (tertiary/aromatic N) is 2. The number of carbonyl (C=O) groups excluding carboxylic acids is 1. The van der Waals surface area contributed by atoms with Gasteiger partial charge in [0.1, 0.15) is 0 Å². The number of hydrogen-bond acceptors (Lipinski definition) is 5. The van der Waals surface area contributed by atoms with Gasteiger partial charge in [-0.3, -0.25) is 9.69 Å². The Hall–Kier alpha value is -2.05. The lowest BCUT2D eigenvalue weighted by Gasteiger charge is -2.58. The number of fused-ring (bicyclic) bond motifs is 2. The molecule has 29 heavy (non-hydrogen) atoms. The lowest BCUT2D eigenvalue weighted by molar-refractivity contribution is -0.132. The van der Waals surface area contributed by atoms with E-state index in [4.69, 9.17) is 14.2 Å². The number of carbonyl (C=O) groups is 1. The van der Waals surface area contributed by atoms with Gasteiger partial charge < -0.3 is 19.1 Å². The fourth-order valence-electron chi connectivity index (χ4n) is 7.87. The van der Waals surface area contributed by atoms with Crippen LogP contribution in [0.3, 0.4) is 0 Å². The second-order valence-corrected chi connectivity index (χ2v) is 9.48. The summed E-state index contributed by atoms with van der Waals surface area (Å²) in [6.45, 7) is 2.80. The molecule has 1 aromatic carbocycles. The Morgan fingerprint density at radius 1 is 1.21 bits per heavy atom. The summed E-state index contributed by atoms with van der Waals surface area (Å²) in [7, 11) is 3.36. The van der Waals surface area contributed by atoms with E-state index in [0.717, 1.165) is 30.9 Å². The van der Waals surface area contributed by atoms with Crippen LogP contribution >= 0.6 is 0 Å². The van der Waals surface area contributed by atoms with Gasteiger partial charge in [0, 0.05) is 30.0 Å². The zero-order valence-electron chi connectivity index (χ0n) is 16.9. The average molecular weight is 394 g/mol. The maximum Gasteiger partial charge on any atom is 0.229 e. The van der Waals surface area contributed by atoms with Crippen molar-refractivity contribution >= 4 is 11.6 Å². The van der Waals surface area contributed by atoms with Crippen molar-refractivity contribution in [3.05, 3.63) is 29.3 Å². The molecule has 1 saturated carbocycles. The molecule has 6 heteroatoms. The van der Waals surface area contributed by atoms with E-state index in [1.165, 1.54) is 12.0 Å². The van der Waals surface area contributed by atoms with Crippen molar-refractivity contribution in [1.82, 2.24) is 4.90 Å². The molecule has 5 heterocycles. The van der Waals surface area contributed by atoms with Crippen molar-refractivity contribution in [2.24, 2.45) is 11.8 Å². The quantitative estimate of drug-likeness (QED) is 0.719. The molecule has 0 radical (unpaired) electrons. The third kappa shape index (κ3) is 1.76. The van der Waals surface area contributed by atoms with Gasteiger partial charge in [-0.1, -0.05) is 11.6 Å². The summed E-state index contributed by atoms with van der Waals surface area (Å²) in [5.41, 5.74) is 3.85. The number of methoxy groups -OCH3 is 2. The van der Waals surface area contributed by atoms with Crippen LogP contribution in [-0.4, -0.2) is 62.9 Å². The summed E-state index contributed by atoms with van der Waals surface area (Å²) >= 11 is 0. The van der Waals surface area contributed by atoms with Crippen LogP contribution < -0.4 is 14.4 Å². The Balaban J connectivity index is 1.52. The monoisotopic (exact) mass is 394 g/mol. The third-order valence-corrected chi connectivity index (χ3v) is 8.81. The highest BCUT2D eigenvalue weighted by molar-refractivity contribution is 5.99. The number of ether oxygens (including phenoxy) is 3. The Morgan fingerprint density at radius 3 is 2.86 bits per heavy atom. The zero-order chi connectivity index (χ0) is 19.5. The highest BCUT2D eigenvalue weighted by Crippen LogP contribution is 2.66. The number of benzene rings is 1. The van der Waals surface area contributed by atoms with Crippen LogP contribution in [0.4, 0.5) is 5.69 Å². The van der Waals surface area contributed by atoms with Gasteiger partial charge in [-0.25, -0.2) is 0 Å². The Morgan fingerprint density at radius 2 is 2.03 bits per heavy atom. The van der Waals surface area contributed by atoms with Crippen molar-refractivity contribution in [2.45, 2.75) is 42.9 Å². The lowest BCUT2D eigenvalue weighted by Crippen LogP contribution is -2.69. The molecule has 1 aromatic rings. The first-order valence-electron chi connectivity index (χ1n) is 10.8. The topological polar surface area (TPSA) is 51.2 Å².